The van der Waals surface area contributed by atoms with Gasteiger partial charge in [-0.25, -0.2) is 0 Å². The Morgan fingerprint density at radius 3 is 0.957 bits per heavy atom. The Kier molecular flexibility index (Phi) is 13.9. The van der Waals surface area contributed by atoms with E-state index in [1.54, 1.807) is 42.7 Å². The molecule has 0 bridgehead atoms. The molecule has 0 amide bonds. The summed E-state index contributed by atoms with van der Waals surface area (Å²) in [6.45, 7) is 2.38. The summed E-state index contributed by atoms with van der Waals surface area (Å²) in [6, 6.07) is 3.58. The van der Waals surface area contributed by atoms with Crippen LogP contribution in [0.1, 0.15) is 6.92 Å². The summed E-state index contributed by atoms with van der Waals surface area (Å²) in [4.78, 5) is 0. The van der Waals surface area contributed by atoms with Crippen molar-refractivity contribution in [2.75, 3.05) is 42.7 Å². The summed E-state index contributed by atoms with van der Waals surface area (Å²) in [5.74, 6) is -0.00291. The molecule has 0 N–H and O–H groups in total. The number of rotatable bonds is 15. The first-order chi connectivity index (χ1) is 11.0. The SMILES string of the molecule is COC(OC)[SiH2]CC(C)(C[SiH2]C(OC)OC)C[SiH2]C(OC)OC. The molecule has 23 heavy (non-hydrogen) atoms. The van der Waals surface area contributed by atoms with Crippen molar-refractivity contribution in [3.63, 3.8) is 0 Å². The molecule has 140 valence electrons. The van der Waals surface area contributed by atoms with E-state index in [1.165, 1.54) is 18.1 Å². The minimum atomic E-state index is -0.457. The molecule has 0 aliphatic rings. The van der Waals surface area contributed by atoms with Crippen LogP contribution in [0.25, 0.3) is 0 Å². The van der Waals surface area contributed by atoms with E-state index in [2.05, 4.69) is 6.92 Å². The molecule has 0 aliphatic heterocycles. The van der Waals surface area contributed by atoms with E-state index in [4.69, 9.17) is 28.4 Å². The van der Waals surface area contributed by atoms with Crippen molar-refractivity contribution in [1.29, 1.82) is 0 Å². The van der Waals surface area contributed by atoms with E-state index in [1.807, 2.05) is 0 Å². The Bertz CT molecular complexity index is 232. The molecule has 0 spiro atoms. The van der Waals surface area contributed by atoms with Gasteiger partial charge in [0.15, 0.2) is 0 Å². The summed E-state index contributed by atoms with van der Waals surface area (Å²) >= 11 is 0. The molecule has 0 aromatic rings. The minimum Gasteiger partial charge on any atom is -0.360 e. The largest absolute Gasteiger partial charge is 0.360 e. The normalized spacial score (nSPS) is 16.4. The number of hydrogen-bond acceptors (Lipinski definition) is 6. The lowest BCUT2D eigenvalue weighted by Crippen LogP contribution is -2.34. The Morgan fingerprint density at radius 2 is 0.783 bits per heavy atom. The summed E-state index contributed by atoms with van der Waals surface area (Å²) in [5, 5.41) is 0. The van der Waals surface area contributed by atoms with Crippen molar-refractivity contribution in [3.05, 3.63) is 0 Å². The maximum Gasteiger partial charge on any atom is 0.134 e. The minimum absolute atomic E-state index is 0.000970. The molecule has 0 unspecified atom stereocenters. The Balaban J connectivity index is 4.66. The zero-order valence-electron chi connectivity index (χ0n) is 15.9. The third-order valence-electron chi connectivity index (χ3n) is 4.53. The van der Waals surface area contributed by atoms with Crippen molar-refractivity contribution in [2.45, 2.75) is 42.8 Å². The van der Waals surface area contributed by atoms with Gasteiger partial charge < -0.3 is 28.4 Å². The second kappa shape index (κ2) is 13.7. The van der Waals surface area contributed by atoms with Gasteiger partial charge in [0.25, 0.3) is 0 Å². The molecule has 0 rings (SSSR count). The summed E-state index contributed by atoms with van der Waals surface area (Å²) in [5.41, 5.74) is 0.296. The average molecular weight is 385 g/mol. The average Bonchev–Trinajstić information content (AvgIpc) is 2.57. The standard InChI is InChI=1S/C14H36O6Si3/c1-14(8-21-11(15-2)16-3,9-22-12(17-4)18-5)10-23-13(19-6)20-7/h11-13H,8-10,21-23H2,1-7H3. The number of methoxy groups -OCH3 is 6. The summed E-state index contributed by atoms with van der Waals surface area (Å²) in [6.07, 6.45) is 0. The smallest absolute Gasteiger partial charge is 0.134 e. The highest BCUT2D eigenvalue weighted by Crippen LogP contribution is 2.33. The van der Waals surface area contributed by atoms with Gasteiger partial charge in [0.1, 0.15) is 17.7 Å². The molecular weight excluding hydrogens is 348 g/mol. The van der Waals surface area contributed by atoms with Crippen LogP contribution in [-0.4, -0.2) is 89.0 Å². The Hall–Kier alpha value is 0.411. The molecule has 6 nitrogen and oxygen atoms in total. The van der Waals surface area contributed by atoms with E-state index in [9.17, 15) is 0 Å². The first kappa shape index (κ1) is 23.4. The van der Waals surface area contributed by atoms with E-state index in [-0.39, 0.29) is 17.7 Å². The third kappa shape index (κ3) is 10.1. The molecule has 0 fully saturated rings. The quantitative estimate of drug-likeness (QED) is 0.280. The van der Waals surface area contributed by atoms with Crippen LogP contribution in [0.15, 0.2) is 0 Å². The second-order valence-electron chi connectivity index (χ2n) is 6.13. The zero-order valence-corrected chi connectivity index (χ0v) is 20.2. The molecule has 9 heteroatoms. The van der Waals surface area contributed by atoms with Gasteiger partial charge in [-0.2, -0.15) is 0 Å². The van der Waals surface area contributed by atoms with Crippen molar-refractivity contribution in [1.82, 2.24) is 0 Å². The maximum absolute atomic E-state index is 5.39. The lowest BCUT2D eigenvalue weighted by Gasteiger charge is -2.32. The van der Waals surface area contributed by atoms with E-state index in [0.717, 1.165) is 0 Å². The Labute approximate surface area is 148 Å². The molecule has 0 atom stereocenters. The van der Waals surface area contributed by atoms with Crippen LogP contribution in [-0.2, 0) is 28.4 Å². The fraction of sp³-hybridized carbons (Fsp3) is 1.00. The number of hydrogen-bond donors (Lipinski definition) is 0. The predicted molar refractivity (Wildman–Crippen MR) is 102 cm³/mol. The van der Waals surface area contributed by atoms with Crippen LogP contribution in [0.2, 0.25) is 18.1 Å². The molecule has 0 heterocycles. The monoisotopic (exact) mass is 384 g/mol. The van der Waals surface area contributed by atoms with E-state index < -0.39 is 28.6 Å². The van der Waals surface area contributed by atoms with Crippen LogP contribution in [0.4, 0.5) is 0 Å². The van der Waals surface area contributed by atoms with Gasteiger partial charge in [0.2, 0.25) is 0 Å². The third-order valence-corrected chi connectivity index (χ3v) is 12.4. The molecule has 0 aromatic heterocycles. The van der Waals surface area contributed by atoms with Gasteiger partial charge in [-0.3, -0.25) is 0 Å². The van der Waals surface area contributed by atoms with Crippen LogP contribution >= 0.6 is 0 Å². The molecule has 0 aromatic carbocycles. The fourth-order valence-corrected chi connectivity index (χ4v) is 9.98. The van der Waals surface area contributed by atoms with E-state index in [0.29, 0.717) is 5.41 Å². The van der Waals surface area contributed by atoms with Gasteiger partial charge in [-0.1, -0.05) is 25.1 Å². The van der Waals surface area contributed by atoms with Gasteiger partial charge in [-0.15, -0.1) is 0 Å². The van der Waals surface area contributed by atoms with Crippen molar-refractivity contribution in [3.8, 4) is 0 Å². The molecule has 0 aliphatic carbocycles. The van der Waals surface area contributed by atoms with Crippen LogP contribution in [0.5, 0.6) is 0 Å². The zero-order chi connectivity index (χ0) is 17.7. The first-order valence-electron chi connectivity index (χ1n) is 8.15. The maximum atomic E-state index is 5.39. The molecule has 0 radical (unpaired) electrons. The predicted octanol–water partition coefficient (Wildman–Crippen LogP) is -0.517. The highest BCUT2D eigenvalue weighted by molar-refractivity contribution is 6.41. The summed E-state index contributed by atoms with van der Waals surface area (Å²) in [7, 11) is 8.96. The molecular formula is C14H36O6Si3. The van der Waals surface area contributed by atoms with E-state index >= 15 is 0 Å². The molecule has 0 saturated carbocycles. The van der Waals surface area contributed by atoms with Gasteiger partial charge in [0.05, 0.1) is 28.6 Å². The topological polar surface area (TPSA) is 55.4 Å². The summed E-state index contributed by atoms with van der Waals surface area (Å²) < 4.78 is 32.4. The van der Waals surface area contributed by atoms with Crippen molar-refractivity contribution < 1.29 is 28.4 Å². The van der Waals surface area contributed by atoms with Gasteiger partial charge >= 0.3 is 0 Å². The van der Waals surface area contributed by atoms with Crippen LogP contribution in [0, 0.1) is 5.41 Å². The Morgan fingerprint density at radius 1 is 0.565 bits per heavy atom. The lowest BCUT2D eigenvalue weighted by atomic mass is 9.99. The van der Waals surface area contributed by atoms with Crippen molar-refractivity contribution >= 4 is 28.6 Å². The number of ether oxygens (including phenoxy) is 6. The lowest BCUT2D eigenvalue weighted by molar-refractivity contribution is -0.0464. The highest BCUT2D eigenvalue weighted by atomic mass is 28.2. The van der Waals surface area contributed by atoms with Crippen LogP contribution in [0.3, 0.4) is 0 Å². The highest BCUT2D eigenvalue weighted by Gasteiger charge is 2.28. The van der Waals surface area contributed by atoms with Crippen molar-refractivity contribution in [2.24, 2.45) is 5.41 Å². The first-order valence-corrected chi connectivity index (χ1v) is 13.6. The second-order valence-corrected chi connectivity index (χ2v) is 11.4. The van der Waals surface area contributed by atoms with Crippen LogP contribution < -0.4 is 0 Å². The fourth-order valence-electron chi connectivity index (χ4n) is 2.77. The molecule has 0 saturated heterocycles. The van der Waals surface area contributed by atoms with Gasteiger partial charge in [0, 0.05) is 42.7 Å². The van der Waals surface area contributed by atoms with Gasteiger partial charge in [-0.05, 0) is 5.41 Å².